The Morgan fingerprint density at radius 2 is 1.02 bits per heavy atom. The Balaban J connectivity index is 0.000000181. The lowest BCUT2D eigenvalue weighted by Gasteiger charge is -2.45. The fraction of sp³-hybridized carbons (Fsp3) is 0.800. The molecule has 15 aliphatic rings. The predicted molar refractivity (Wildman–Crippen MR) is 494 cm³/mol. The summed E-state index contributed by atoms with van der Waals surface area (Å²) >= 11 is 0. The van der Waals surface area contributed by atoms with Gasteiger partial charge in [0.05, 0.1) is 140 Å². The van der Waals surface area contributed by atoms with Crippen molar-refractivity contribution in [2.45, 2.75) is 449 Å². The number of fused-ring (bicyclic) bond motifs is 5. The average molecular weight is 1890 g/mol. The van der Waals surface area contributed by atoms with Crippen LogP contribution >= 0.6 is 0 Å². The Hall–Kier alpha value is -6.00. The van der Waals surface area contributed by atoms with Crippen LogP contribution in [0.1, 0.15) is 237 Å². The molecule has 0 aromatic heterocycles. The van der Waals surface area contributed by atoms with Gasteiger partial charge in [0.1, 0.15) is 76.1 Å². The Labute approximate surface area is 791 Å². The van der Waals surface area contributed by atoms with Gasteiger partial charge in [-0.25, -0.2) is 32.9 Å². The van der Waals surface area contributed by atoms with Crippen LogP contribution in [0.4, 0.5) is 0 Å². The van der Waals surface area contributed by atoms with Gasteiger partial charge in [0.15, 0.2) is 33.0 Å². The van der Waals surface area contributed by atoms with Crippen molar-refractivity contribution in [2.75, 3.05) is 60.5 Å². The van der Waals surface area contributed by atoms with Crippen molar-refractivity contribution < 1.29 is 131 Å². The number of benzene rings is 2. The maximum Gasteiger partial charge on any atom is 1.00 e. The number of nitrogens with zero attached hydrogens (tertiary/aromatic N) is 5. The van der Waals surface area contributed by atoms with Crippen LogP contribution in [-0.2, 0) is 103 Å². The molecule has 6 N–H and O–H groups in total. The normalized spacial score (nSPS) is 37.2. The van der Waals surface area contributed by atoms with E-state index in [0.717, 1.165) is 151 Å². The van der Waals surface area contributed by atoms with E-state index in [4.69, 9.17) is 143 Å². The first-order valence-electron chi connectivity index (χ1n) is 47.7. The number of esters is 1. The number of aliphatic hydroxyl groups excluding tert-OH is 6. The van der Waals surface area contributed by atoms with Gasteiger partial charge in [-0.1, -0.05) is 58.5 Å². The van der Waals surface area contributed by atoms with Gasteiger partial charge in [0, 0.05) is 119 Å². The highest BCUT2D eigenvalue weighted by Crippen LogP contribution is 2.53. The molecule has 14 fully saturated rings. The molecule has 0 saturated carbocycles. The molecule has 6 bridgehead atoms. The van der Waals surface area contributed by atoms with Gasteiger partial charge in [-0.05, 0) is 144 Å². The zero-order valence-corrected chi connectivity index (χ0v) is 81.2. The second-order valence-electron chi connectivity index (χ2n) is 40.5. The number of ether oxygens (including phenoxy) is 19. The Morgan fingerprint density at radius 3 is 1.49 bits per heavy atom. The lowest BCUT2D eigenvalue weighted by molar-refractivity contribution is -0.242. The predicted octanol–water partition coefficient (Wildman–Crippen LogP) is 13.8. The van der Waals surface area contributed by atoms with E-state index in [-0.39, 0.29) is 191 Å². The molecule has 33 heteroatoms. The quantitative estimate of drug-likeness (QED) is 0.0246. The fourth-order valence-electron chi connectivity index (χ4n) is 20.3. The second kappa shape index (κ2) is 48.7. The van der Waals surface area contributed by atoms with Crippen molar-refractivity contribution in [3.05, 3.63) is 129 Å². The Kier molecular flexibility index (Phi) is 39.9. The second-order valence-corrected chi connectivity index (χ2v) is 45.3. The molecule has 14 aliphatic heterocycles. The van der Waals surface area contributed by atoms with Crippen LogP contribution in [-0.4, -0.2) is 298 Å². The molecule has 133 heavy (non-hydrogen) atoms. The van der Waals surface area contributed by atoms with Gasteiger partial charge in [0.25, 0.3) is 0 Å². The van der Waals surface area contributed by atoms with E-state index in [1.54, 1.807) is 14.2 Å². The van der Waals surface area contributed by atoms with Crippen molar-refractivity contribution in [1.82, 2.24) is 0 Å². The molecule has 744 valence electrons. The molecular formula is C100H154N5O27Si+. The number of carbonyl (C=O) groups excluding carboxylic acids is 1. The number of hydrogen-bond acceptors (Lipinski definition) is 27. The molecule has 3 spiro atoms. The summed E-state index contributed by atoms with van der Waals surface area (Å²) in [4.78, 5) is 29.0. The van der Waals surface area contributed by atoms with Gasteiger partial charge in [0.2, 0.25) is 30.2 Å². The summed E-state index contributed by atoms with van der Waals surface area (Å²) in [6.45, 7) is 64.7. The van der Waals surface area contributed by atoms with Gasteiger partial charge < -0.3 is 149 Å². The summed E-state index contributed by atoms with van der Waals surface area (Å²) in [5, 5.41) is 55.4. The molecular weight excluding hydrogens is 1730 g/mol. The summed E-state index contributed by atoms with van der Waals surface area (Å²) in [6.07, 6.45) is 18.1. The van der Waals surface area contributed by atoms with E-state index in [1.165, 1.54) is 6.92 Å². The monoisotopic (exact) mass is 1890 g/mol. The zero-order valence-electron chi connectivity index (χ0n) is 81.2. The van der Waals surface area contributed by atoms with Crippen molar-refractivity contribution in [2.24, 2.45) is 0 Å². The molecule has 1 unspecified atom stereocenters. The molecule has 0 amide bonds. The first-order valence-corrected chi connectivity index (χ1v) is 50.7. The topological polar surface area (TPSA) is 345 Å². The van der Waals surface area contributed by atoms with E-state index in [1.807, 2.05) is 109 Å². The van der Waals surface area contributed by atoms with Crippen molar-refractivity contribution in [3.63, 3.8) is 0 Å². The SMILES string of the molecule is C.COc1ccc(CO)cc1.OC1CCCO1.[C-]#[N+][C@H](C)C[C@H]1CC[C@@H]2O[C@@H]([C@H](O)CO)C[C@]2(CO)O1.[C-]#[N+][C@H](C)C[C@H]1CC[C@@H]2O[C@@H]([C@H]3COC(C)(C)O3)C[C@]2(CO[Si](C)(C)C(C)(C)C)O1.[C-]#[N+][C@H](C)C[C@H]1CC[C@@H]2O[C@@H]3C[C@]2(C=C[C@H]3OC(C)=O)O1.[C-]#[N+][C@H](C)C[C@H]1CC[C@@H]2O[C@@H]3C[C@]2(CO[C@H]3O)O1.[C-]#[N+][C@H](C)C[C@H]1CC[C@@H]2O[C@@H]3C[C@]2(CO[C@H]3OCc2ccc(OC)cc2)O1.[H+]. The molecule has 2 aromatic carbocycles. The standard InChI is InChI=1S/C23H41NO5Si.C21H27NO5.C16H21NO4.C14H23NO5.C13H19NO4.C8H10O2.C4H8O2.CH4/c1-16(24-7)12-17-10-11-20-23(28-17,15-26-30(8,9)21(2,3)4)13-18(27-20)19-14-25-22(5,6)29-19;1-14(22-2)10-17-8-9-19-21(27-17)11-18(26-19)20(25-13-21)24-12-15-4-6-16(23-3)7-5-15;1-10(17-3)8-12-4-5-15-16(21-12)7-6-13(19-11(2)18)14(9-16)20-15;1-9(15-2)5-10-3-4-13-14(8-17,20-10)6-12(19-13)11(18)7-16;1-8(14-2)5-9-3-4-11-13(18-9)6-10(17-11)12(15)16-7-13;1-10-8-4-2-7(6-9)3-5-8;5-4-2-1-3-6-4;/h16-20H,10-15H2,1-6,8-9H3;4-7,14,17-20H,8-13H2,1,3H3;6-7,10,12-15H,4-5,8-9H2,1-2H3;9-13,16-18H,3-8H2,1H3;8-12,15H,3-7H2,1H3;2-5,9H,6H2,1H3;4-5H,1-3H2;1H4/p+1/t16-,17-,18-,19-,20+,23-;14-,17-,18-,19+,20-,21-;10-,12-,13-,14-,15+,16+;9-,10-,11-,12-,13+,14-;8-,9-,10-,11+,12-,13-;;;/m11111.../s1. The zero-order chi connectivity index (χ0) is 95.6. The van der Waals surface area contributed by atoms with E-state index >= 15 is 0 Å². The maximum atomic E-state index is 11.1. The number of hydrogen-bond donors (Lipinski definition) is 6. The van der Waals surface area contributed by atoms with Crippen LogP contribution in [0.5, 0.6) is 11.5 Å². The highest BCUT2D eigenvalue weighted by Gasteiger charge is 2.63. The average Bonchev–Trinajstić information content (AvgIpc) is 1.56. The third-order valence-electron chi connectivity index (χ3n) is 28.6. The highest BCUT2D eigenvalue weighted by molar-refractivity contribution is 6.74. The summed E-state index contributed by atoms with van der Waals surface area (Å²) in [5.41, 5.74) is -0.428. The fourth-order valence-corrected chi connectivity index (χ4v) is 21.3. The smallest absolute Gasteiger partial charge is 0.497 e. The van der Waals surface area contributed by atoms with Crippen LogP contribution in [0.15, 0.2) is 60.7 Å². The van der Waals surface area contributed by atoms with E-state index in [9.17, 15) is 20.1 Å². The third-order valence-corrected chi connectivity index (χ3v) is 33.1. The number of methoxy groups -OCH3 is 2. The summed E-state index contributed by atoms with van der Waals surface area (Å²) in [7, 11) is 1.34. The number of carbonyl (C=O) groups is 1. The third kappa shape index (κ3) is 28.4. The summed E-state index contributed by atoms with van der Waals surface area (Å²) in [5.74, 6) is 0.791. The van der Waals surface area contributed by atoms with Crippen molar-refractivity contribution >= 4 is 14.3 Å². The number of aliphatic hydroxyl groups is 6. The minimum Gasteiger partial charge on any atom is -0.497 e. The molecule has 14 heterocycles. The van der Waals surface area contributed by atoms with Crippen LogP contribution < -0.4 is 9.47 Å². The molecule has 1 aliphatic carbocycles. The van der Waals surface area contributed by atoms with Crippen LogP contribution in [0, 0.1) is 32.9 Å². The molecule has 31 atom stereocenters. The van der Waals surface area contributed by atoms with Gasteiger partial charge in [-0.2, -0.15) is 0 Å². The first-order chi connectivity index (χ1) is 62.8. The Morgan fingerprint density at radius 1 is 0.549 bits per heavy atom. The summed E-state index contributed by atoms with van der Waals surface area (Å²) in [6, 6.07) is 15.0. The lowest BCUT2D eigenvalue weighted by atomic mass is 9.82. The van der Waals surface area contributed by atoms with Gasteiger partial charge >= 0.3 is 7.40 Å². The van der Waals surface area contributed by atoms with Crippen LogP contribution in [0.2, 0.25) is 18.1 Å². The highest BCUT2D eigenvalue weighted by atomic mass is 28.4. The largest absolute Gasteiger partial charge is 1.00 e. The van der Waals surface area contributed by atoms with E-state index < -0.39 is 50.1 Å². The Bertz CT molecular complexity index is 4170. The van der Waals surface area contributed by atoms with Crippen LogP contribution in [0.3, 0.4) is 0 Å². The first kappa shape index (κ1) is 109. The summed E-state index contributed by atoms with van der Waals surface area (Å²) < 4.78 is 118. The van der Waals surface area contributed by atoms with Crippen molar-refractivity contribution in [3.8, 4) is 11.5 Å². The number of rotatable bonds is 24. The van der Waals surface area contributed by atoms with Crippen molar-refractivity contribution in [1.29, 1.82) is 0 Å². The minimum absolute atomic E-state index is 0. The van der Waals surface area contributed by atoms with Crippen LogP contribution in [0.25, 0.3) is 24.2 Å². The molecule has 17 rings (SSSR count). The maximum absolute atomic E-state index is 11.1. The lowest BCUT2D eigenvalue weighted by Crippen LogP contribution is -2.55. The molecule has 0 radical (unpaired) electrons. The molecule has 2 aromatic rings. The van der Waals surface area contributed by atoms with E-state index in [2.05, 4.69) is 58.1 Å². The molecule has 32 nitrogen and oxygen atoms in total. The minimum atomic E-state index is -1.93. The van der Waals surface area contributed by atoms with E-state index in [0.29, 0.717) is 52.3 Å². The van der Waals surface area contributed by atoms with Gasteiger partial charge in [-0.3, -0.25) is 4.79 Å². The van der Waals surface area contributed by atoms with Gasteiger partial charge in [-0.15, -0.1) is 0 Å². The molecule has 14 saturated heterocycles.